The van der Waals surface area contributed by atoms with Crippen molar-refractivity contribution in [2.24, 2.45) is 0 Å². The van der Waals surface area contributed by atoms with Crippen molar-refractivity contribution in [1.82, 2.24) is 5.32 Å². The normalized spacial score (nSPS) is 11.3. The van der Waals surface area contributed by atoms with Gasteiger partial charge in [0.2, 0.25) is 5.91 Å². The maximum atomic E-state index is 11.2. The summed E-state index contributed by atoms with van der Waals surface area (Å²) in [6.45, 7) is 1.83. The van der Waals surface area contributed by atoms with E-state index in [0.29, 0.717) is 6.42 Å². The fraction of sp³-hybridized carbons (Fsp3) is 0.889. The quantitative estimate of drug-likeness (QED) is 0.539. The monoisotopic (exact) mass is 299 g/mol. The molecule has 90 valence electrons. The fourth-order valence-electron chi connectivity index (χ4n) is 0.959. The summed E-state index contributed by atoms with van der Waals surface area (Å²) in [6.07, 6.45) is 2.26. The Labute approximate surface area is 99.9 Å². The highest BCUT2D eigenvalue weighted by Gasteiger charge is 2.07. The first kappa shape index (κ1) is 14.9. The SMILES string of the molecule is CCS(=O)(=O)CCNC(=O)CCCCBr. The minimum absolute atomic E-state index is 0.0354. The third-order valence-electron chi connectivity index (χ3n) is 1.96. The van der Waals surface area contributed by atoms with Gasteiger partial charge >= 0.3 is 0 Å². The molecule has 0 unspecified atom stereocenters. The van der Waals surface area contributed by atoms with Gasteiger partial charge in [0.1, 0.15) is 0 Å². The molecular formula is C9H18BrNO3S. The van der Waals surface area contributed by atoms with E-state index in [1.165, 1.54) is 0 Å². The second-order valence-corrected chi connectivity index (χ2v) is 6.50. The number of nitrogens with one attached hydrogen (secondary N) is 1. The van der Waals surface area contributed by atoms with Crippen molar-refractivity contribution in [2.75, 3.05) is 23.4 Å². The van der Waals surface area contributed by atoms with Crippen molar-refractivity contribution in [3.63, 3.8) is 0 Å². The Morgan fingerprint density at radius 1 is 1.33 bits per heavy atom. The number of amides is 1. The Bertz CT molecular complexity index is 277. The van der Waals surface area contributed by atoms with E-state index in [0.717, 1.165) is 18.2 Å². The van der Waals surface area contributed by atoms with Gasteiger partial charge < -0.3 is 5.32 Å². The molecule has 0 saturated heterocycles. The van der Waals surface area contributed by atoms with Crippen LogP contribution in [0.4, 0.5) is 0 Å². The molecular weight excluding hydrogens is 282 g/mol. The largest absolute Gasteiger partial charge is 0.355 e. The van der Waals surface area contributed by atoms with E-state index >= 15 is 0 Å². The zero-order valence-corrected chi connectivity index (χ0v) is 11.4. The number of unbranched alkanes of at least 4 members (excludes halogenated alkanes) is 1. The number of carbonyl (C=O) groups excluding carboxylic acids is 1. The van der Waals surface area contributed by atoms with Gasteiger partial charge in [-0.25, -0.2) is 8.42 Å². The number of sulfone groups is 1. The topological polar surface area (TPSA) is 63.2 Å². The smallest absolute Gasteiger partial charge is 0.220 e. The molecule has 0 radical (unpaired) electrons. The third kappa shape index (κ3) is 8.87. The van der Waals surface area contributed by atoms with E-state index in [1.54, 1.807) is 6.92 Å². The second kappa shape index (κ2) is 8.10. The molecule has 15 heavy (non-hydrogen) atoms. The van der Waals surface area contributed by atoms with E-state index in [-0.39, 0.29) is 24.0 Å². The lowest BCUT2D eigenvalue weighted by atomic mass is 10.2. The maximum Gasteiger partial charge on any atom is 0.220 e. The molecule has 0 rings (SSSR count). The molecule has 1 N–H and O–H groups in total. The second-order valence-electron chi connectivity index (χ2n) is 3.23. The van der Waals surface area contributed by atoms with Crippen molar-refractivity contribution in [3.8, 4) is 0 Å². The van der Waals surface area contributed by atoms with Crippen molar-refractivity contribution in [3.05, 3.63) is 0 Å². The predicted molar refractivity (Wildman–Crippen MR) is 65.0 cm³/mol. The van der Waals surface area contributed by atoms with E-state index in [9.17, 15) is 13.2 Å². The van der Waals surface area contributed by atoms with Gasteiger partial charge in [0.25, 0.3) is 0 Å². The van der Waals surface area contributed by atoms with Crippen LogP contribution >= 0.6 is 15.9 Å². The van der Waals surface area contributed by atoms with Crippen molar-refractivity contribution >= 4 is 31.7 Å². The van der Waals surface area contributed by atoms with Crippen LogP contribution in [0.5, 0.6) is 0 Å². The molecule has 4 nitrogen and oxygen atoms in total. The highest BCUT2D eigenvalue weighted by Crippen LogP contribution is 1.98. The van der Waals surface area contributed by atoms with Crippen molar-refractivity contribution in [1.29, 1.82) is 0 Å². The lowest BCUT2D eigenvalue weighted by molar-refractivity contribution is -0.121. The number of halogens is 1. The highest BCUT2D eigenvalue weighted by molar-refractivity contribution is 9.09. The van der Waals surface area contributed by atoms with Crippen LogP contribution in [0.25, 0.3) is 0 Å². The average Bonchev–Trinajstić information content (AvgIpc) is 2.18. The molecule has 0 saturated carbocycles. The molecule has 0 bridgehead atoms. The first-order valence-electron chi connectivity index (χ1n) is 5.05. The summed E-state index contributed by atoms with van der Waals surface area (Å²) in [5, 5.41) is 3.49. The summed E-state index contributed by atoms with van der Waals surface area (Å²) in [5.41, 5.74) is 0. The van der Waals surface area contributed by atoms with Gasteiger partial charge in [0, 0.05) is 24.0 Å². The van der Waals surface area contributed by atoms with E-state index < -0.39 is 9.84 Å². The van der Waals surface area contributed by atoms with Gasteiger partial charge in [0.05, 0.1) is 5.75 Å². The molecule has 0 aromatic rings. The third-order valence-corrected chi connectivity index (χ3v) is 4.23. The van der Waals surface area contributed by atoms with Gasteiger partial charge in [0.15, 0.2) is 9.84 Å². The minimum Gasteiger partial charge on any atom is -0.355 e. The van der Waals surface area contributed by atoms with Crippen LogP contribution < -0.4 is 5.32 Å². The summed E-state index contributed by atoms with van der Waals surface area (Å²) in [4.78, 5) is 11.2. The Balaban J connectivity index is 3.55. The number of hydrogen-bond donors (Lipinski definition) is 1. The van der Waals surface area contributed by atoms with Gasteiger partial charge in [-0.1, -0.05) is 22.9 Å². The molecule has 1 amide bonds. The lowest BCUT2D eigenvalue weighted by Crippen LogP contribution is -2.29. The molecule has 0 aromatic heterocycles. The molecule has 0 aliphatic heterocycles. The van der Waals surface area contributed by atoms with E-state index in [2.05, 4.69) is 21.2 Å². The molecule has 0 fully saturated rings. The predicted octanol–water partition coefficient (Wildman–Crippen LogP) is 1.10. The van der Waals surface area contributed by atoms with Crippen molar-refractivity contribution in [2.45, 2.75) is 26.2 Å². The summed E-state index contributed by atoms with van der Waals surface area (Å²) in [6, 6.07) is 0. The van der Waals surface area contributed by atoms with Crippen LogP contribution in [0, 0.1) is 0 Å². The zero-order valence-electron chi connectivity index (χ0n) is 8.96. The highest BCUT2D eigenvalue weighted by atomic mass is 79.9. The van der Waals surface area contributed by atoms with Gasteiger partial charge in [-0.3, -0.25) is 4.79 Å². The molecule has 0 atom stereocenters. The molecule has 0 heterocycles. The van der Waals surface area contributed by atoms with Crippen LogP contribution in [0.1, 0.15) is 26.2 Å². The van der Waals surface area contributed by atoms with Crippen LogP contribution in [0.2, 0.25) is 0 Å². The summed E-state index contributed by atoms with van der Waals surface area (Å²) in [5.74, 6) is 0.0994. The van der Waals surface area contributed by atoms with Crippen LogP contribution in [-0.2, 0) is 14.6 Å². The van der Waals surface area contributed by atoms with Crippen LogP contribution in [-0.4, -0.2) is 37.7 Å². The number of carbonyl (C=O) groups is 1. The Hall–Kier alpha value is -0.100. The standard InChI is InChI=1S/C9H18BrNO3S/c1-2-15(13,14)8-7-11-9(12)5-3-4-6-10/h2-8H2,1H3,(H,11,12). The Morgan fingerprint density at radius 3 is 2.53 bits per heavy atom. The van der Waals surface area contributed by atoms with Crippen LogP contribution in [0.3, 0.4) is 0 Å². The summed E-state index contributed by atoms with van der Waals surface area (Å²) < 4.78 is 22.2. The number of alkyl halides is 1. The Kier molecular flexibility index (Phi) is 8.04. The summed E-state index contributed by atoms with van der Waals surface area (Å²) in [7, 11) is -2.96. The number of rotatable bonds is 8. The molecule has 0 aliphatic carbocycles. The average molecular weight is 300 g/mol. The molecule has 6 heteroatoms. The van der Waals surface area contributed by atoms with Gasteiger partial charge in [-0.2, -0.15) is 0 Å². The van der Waals surface area contributed by atoms with Gasteiger partial charge in [-0.05, 0) is 12.8 Å². The fourth-order valence-corrected chi connectivity index (χ4v) is 2.06. The number of hydrogen-bond acceptors (Lipinski definition) is 3. The van der Waals surface area contributed by atoms with Gasteiger partial charge in [-0.15, -0.1) is 0 Å². The van der Waals surface area contributed by atoms with Crippen LogP contribution in [0.15, 0.2) is 0 Å². The molecule has 0 aliphatic rings. The van der Waals surface area contributed by atoms with Crippen molar-refractivity contribution < 1.29 is 13.2 Å². The molecule has 0 spiro atoms. The minimum atomic E-state index is -2.96. The zero-order chi connectivity index (χ0) is 11.7. The first-order chi connectivity index (χ1) is 7.02. The molecule has 0 aromatic carbocycles. The lowest BCUT2D eigenvalue weighted by Gasteiger charge is -2.04. The van der Waals surface area contributed by atoms with E-state index in [4.69, 9.17) is 0 Å². The van der Waals surface area contributed by atoms with E-state index in [1.807, 2.05) is 0 Å². The Morgan fingerprint density at radius 2 is 2.00 bits per heavy atom. The first-order valence-corrected chi connectivity index (χ1v) is 7.99. The maximum absolute atomic E-state index is 11.2. The summed E-state index contributed by atoms with van der Waals surface area (Å²) >= 11 is 3.28.